The van der Waals surface area contributed by atoms with Crippen LogP contribution in [0.5, 0.6) is 0 Å². The largest absolute Gasteiger partial charge is 0.328 e. The van der Waals surface area contributed by atoms with Crippen molar-refractivity contribution in [1.82, 2.24) is 0 Å². The van der Waals surface area contributed by atoms with Crippen LogP contribution in [0.3, 0.4) is 0 Å². The number of hydrogen-bond acceptors (Lipinski definition) is 3. The standard InChI is InChI=1S/C5H13O3P.Cd/c1-2-3-4-5-8-9(6)7;/h6-7H,2-5H2,1H3;. The van der Waals surface area contributed by atoms with E-state index in [0.29, 0.717) is 6.61 Å². The molecule has 0 amide bonds. The van der Waals surface area contributed by atoms with Crippen LogP contribution in [-0.2, 0) is 31.8 Å². The van der Waals surface area contributed by atoms with Crippen LogP contribution in [0, 0.1) is 0 Å². The monoisotopic (exact) mass is 266 g/mol. The van der Waals surface area contributed by atoms with Crippen LogP contribution in [0.15, 0.2) is 0 Å². The van der Waals surface area contributed by atoms with E-state index in [2.05, 4.69) is 11.4 Å². The maximum atomic E-state index is 8.25. The first kappa shape index (κ1) is 13.8. The summed E-state index contributed by atoms with van der Waals surface area (Å²) in [6.07, 6.45) is 3.12. The van der Waals surface area contributed by atoms with E-state index in [4.69, 9.17) is 9.79 Å². The Morgan fingerprint density at radius 2 is 1.90 bits per heavy atom. The summed E-state index contributed by atoms with van der Waals surface area (Å²) < 4.78 is 4.52. The molecule has 0 aliphatic rings. The molecule has 0 spiro atoms. The first-order chi connectivity index (χ1) is 4.27. The normalized spacial score (nSPS) is 9.60. The Kier molecular flexibility index (Phi) is 14.1. The van der Waals surface area contributed by atoms with Gasteiger partial charge < -0.3 is 14.3 Å². The van der Waals surface area contributed by atoms with Gasteiger partial charge in [0.2, 0.25) is 0 Å². The third-order valence-electron chi connectivity index (χ3n) is 0.955. The maximum Gasteiger partial charge on any atom is 0.327 e. The fourth-order valence-corrected chi connectivity index (χ4v) is 0.791. The summed E-state index contributed by atoms with van der Waals surface area (Å²) in [5.74, 6) is 0. The quantitative estimate of drug-likeness (QED) is 0.448. The average molecular weight is 265 g/mol. The van der Waals surface area contributed by atoms with Crippen molar-refractivity contribution >= 4 is 8.60 Å². The van der Waals surface area contributed by atoms with Gasteiger partial charge in [0.05, 0.1) is 6.61 Å². The minimum absolute atomic E-state index is 0. The van der Waals surface area contributed by atoms with E-state index in [1.54, 1.807) is 0 Å². The van der Waals surface area contributed by atoms with Gasteiger partial charge in [-0.25, -0.2) is 0 Å². The minimum atomic E-state index is -2.12. The predicted molar refractivity (Wildman–Crippen MR) is 36.8 cm³/mol. The summed E-state index contributed by atoms with van der Waals surface area (Å²) in [4.78, 5) is 16.5. The molecule has 0 rings (SSSR count). The molecule has 0 saturated heterocycles. The Hall–Kier alpha value is 1.23. The Bertz CT molecular complexity index is 62.9. The second-order valence-electron chi connectivity index (χ2n) is 1.79. The Morgan fingerprint density at radius 3 is 2.30 bits per heavy atom. The van der Waals surface area contributed by atoms with Gasteiger partial charge in [-0.05, 0) is 6.42 Å². The Labute approximate surface area is 82.9 Å². The molecule has 58 valence electrons. The molecule has 0 aliphatic heterocycles. The molecule has 0 atom stereocenters. The summed E-state index contributed by atoms with van der Waals surface area (Å²) in [5.41, 5.74) is 0. The molecule has 5 heteroatoms. The van der Waals surface area contributed by atoms with Crippen LogP contribution in [0.1, 0.15) is 26.2 Å². The van der Waals surface area contributed by atoms with Gasteiger partial charge in [-0.1, -0.05) is 19.8 Å². The Balaban J connectivity index is 0. The van der Waals surface area contributed by atoms with Crippen molar-refractivity contribution < 1.29 is 41.6 Å². The van der Waals surface area contributed by atoms with E-state index in [0.717, 1.165) is 19.3 Å². The average Bonchev–Trinajstić information content (AvgIpc) is 1.80. The van der Waals surface area contributed by atoms with Crippen molar-refractivity contribution in [3.05, 3.63) is 0 Å². The molecule has 0 fully saturated rings. The molecule has 0 unspecified atom stereocenters. The third kappa shape index (κ3) is 12.0. The van der Waals surface area contributed by atoms with Crippen LogP contribution < -0.4 is 0 Å². The molecule has 0 bridgehead atoms. The van der Waals surface area contributed by atoms with Gasteiger partial charge in [-0.2, -0.15) is 0 Å². The molecular weight excluding hydrogens is 251 g/mol. The summed E-state index contributed by atoms with van der Waals surface area (Å²) >= 11 is 0. The maximum absolute atomic E-state index is 8.25. The Morgan fingerprint density at radius 1 is 1.30 bits per heavy atom. The van der Waals surface area contributed by atoms with Gasteiger partial charge >= 0.3 is 8.60 Å². The first-order valence-electron chi connectivity index (χ1n) is 3.08. The zero-order valence-corrected chi connectivity index (χ0v) is 11.2. The molecule has 10 heavy (non-hydrogen) atoms. The minimum Gasteiger partial charge on any atom is -0.328 e. The molecule has 0 heterocycles. The molecule has 2 N–H and O–H groups in total. The third-order valence-corrected chi connectivity index (χ3v) is 1.37. The summed E-state index contributed by atoms with van der Waals surface area (Å²) in [5, 5.41) is 0. The zero-order chi connectivity index (χ0) is 7.11. The van der Waals surface area contributed by atoms with E-state index in [1.165, 1.54) is 0 Å². The van der Waals surface area contributed by atoms with E-state index >= 15 is 0 Å². The van der Waals surface area contributed by atoms with Crippen molar-refractivity contribution in [2.45, 2.75) is 26.2 Å². The van der Waals surface area contributed by atoms with Gasteiger partial charge in [0, 0.05) is 27.3 Å². The second-order valence-corrected chi connectivity index (χ2v) is 2.56. The van der Waals surface area contributed by atoms with Crippen LogP contribution in [0.2, 0.25) is 0 Å². The van der Waals surface area contributed by atoms with Crippen LogP contribution in [-0.4, -0.2) is 16.4 Å². The van der Waals surface area contributed by atoms with Crippen LogP contribution >= 0.6 is 8.60 Å². The molecule has 0 aromatic carbocycles. The molecule has 0 saturated carbocycles. The molecular formula is C5H13CdO3P. The van der Waals surface area contributed by atoms with Gasteiger partial charge in [0.25, 0.3) is 0 Å². The van der Waals surface area contributed by atoms with Crippen LogP contribution in [0.25, 0.3) is 0 Å². The second kappa shape index (κ2) is 10.2. The number of hydrogen-bond donors (Lipinski definition) is 2. The summed E-state index contributed by atoms with van der Waals surface area (Å²) in [6, 6.07) is 0. The topological polar surface area (TPSA) is 49.7 Å². The number of unbranched alkanes of at least 4 members (excludes halogenated alkanes) is 2. The molecule has 0 aliphatic carbocycles. The smallest absolute Gasteiger partial charge is 0.327 e. The van der Waals surface area contributed by atoms with Crippen LogP contribution in [0.4, 0.5) is 0 Å². The fourth-order valence-electron chi connectivity index (χ4n) is 0.498. The van der Waals surface area contributed by atoms with E-state index in [-0.39, 0.29) is 27.3 Å². The van der Waals surface area contributed by atoms with Gasteiger partial charge in [-0.15, -0.1) is 0 Å². The van der Waals surface area contributed by atoms with Gasteiger partial charge in [0.15, 0.2) is 0 Å². The van der Waals surface area contributed by atoms with Crippen molar-refractivity contribution in [1.29, 1.82) is 0 Å². The summed E-state index contributed by atoms with van der Waals surface area (Å²) in [6.45, 7) is 2.55. The van der Waals surface area contributed by atoms with E-state index < -0.39 is 8.60 Å². The SMILES string of the molecule is CCCCCOP(O)O.[Cd]. The van der Waals surface area contributed by atoms with Crippen molar-refractivity contribution in [2.24, 2.45) is 0 Å². The molecule has 0 aromatic heterocycles. The number of rotatable bonds is 5. The fraction of sp³-hybridized carbons (Fsp3) is 1.00. The van der Waals surface area contributed by atoms with E-state index in [9.17, 15) is 0 Å². The summed E-state index contributed by atoms with van der Waals surface area (Å²) in [7, 11) is -2.12. The molecule has 3 nitrogen and oxygen atoms in total. The molecule has 0 aromatic rings. The first-order valence-corrected chi connectivity index (χ1v) is 4.24. The molecule has 0 radical (unpaired) electrons. The van der Waals surface area contributed by atoms with Gasteiger partial charge in [-0.3, -0.25) is 0 Å². The van der Waals surface area contributed by atoms with Crippen molar-refractivity contribution in [2.75, 3.05) is 6.61 Å². The van der Waals surface area contributed by atoms with Crippen molar-refractivity contribution in [3.63, 3.8) is 0 Å². The van der Waals surface area contributed by atoms with Gasteiger partial charge in [0.1, 0.15) is 0 Å². The predicted octanol–water partition coefficient (Wildman–Crippen LogP) is 1.40. The van der Waals surface area contributed by atoms with Crippen molar-refractivity contribution in [3.8, 4) is 0 Å². The zero-order valence-electron chi connectivity index (χ0n) is 6.29. The van der Waals surface area contributed by atoms with E-state index in [1.807, 2.05) is 0 Å².